The molecule has 6 nitrogen and oxygen atoms in total. The molecule has 0 aliphatic heterocycles. The van der Waals surface area contributed by atoms with Gasteiger partial charge in [0.15, 0.2) is 5.13 Å². The number of nitrogens with one attached hydrogen (secondary N) is 1. The van der Waals surface area contributed by atoms with Crippen LogP contribution >= 0.6 is 35.3 Å². The van der Waals surface area contributed by atoms with Crippen LogP contribution < -0.4 is 14.8 Å². The van der Waals surface area contributed by atoms with E-state index in [-0.39, 0.29) is 18.3 Å². The van der Waals surface area contributed by atoms with E-state index in [0.717, 1.165) is 78.7 Å². The quantitative estimate of drug-likeness (QED) is 0.133. The molecule has 9 heteroatoms. The summed E-state index contributed by atoms with van der Waals surface area (Å²) < 4.78 is 11.8. The van der Waals surface area contributed by atoms with Crippen LogP contribution in [0.5, 0.6) is 17.2 Å². The molecule has 42 heavy (non-hydrogen) atoms. The average Bonchev–Trinajstić information content (AvgIpc) is 3.40. The smallest absolute Gasteiger partial charge is 0.257 e. The number of amides is 1. The first kappa shape index (κ1) is 33.4. The number of carbonyl (C=O) groups is 1. The lowest BCUT2D eigenvalue weighted by Gasteiger charge is -2.17. The molecule has 224 valence electrons. The summed E-state index contributed by atoms with van der Waals surface area (Å²) in [5.41, 5.74) is 2.44. The molecule has 0 radical (unpaired) electrons. The Morgan fingerprint density at radius 1 is 0.881 bits per heavy atom. The third kappa shape index (κ3) is 9.73. The van der Waals surface area contributed by atoms with Gasteiger partial charge in [-0.3, -0.25) is 10.1 Å². The number of aryl methyl sites for hydroxylation is 1. The van der Waals surface area contributed by atoms with E-state index in [0.29, 0.717) is 22.3 Å². The molecular weight excluding hydrogens is 589 g/mol. The van der Waals surface area contributed by atoms with Crippen molar-refractivity contribution in [2.24, 2.45) is 0 Å². The lowest BCUT2D eigenvalue weighted by Crippen LogP contribution is -2.25. The van der Waals surface area contributed by atoms with Crippen molar-refractivity contribution in [1.29, 1.82) is 0 Å². The van der Waals surface area contributed by atoms with Gasteiger partial charge in [-0.2, -0.15) is 0 Å². The highest BCUT2D eigenvalue weighted by molar-refractivity contribution is 7.16. The first-order valence-electron chi connectivity index (χ1n) is 14.3. The normalized spacial score (nSPS) is 10.8. The van der Waals surface area contributed by atoms with Crippen LogP contribution in [-0.2, 0) is 6.42 Å². The van der Waals surface area contributed by atoms with Crippen molar-refractivity contribution in [3.05, 3.63) is 88.3 Å². The number of unbranched alkanes of at least 4 members (excludes halogenated alkanes) is 1. The summed E-state index contributed by atoms with van der Waals surface area (Å²) >= 11 is 7.50. The van der Waals surface area contributed by atoms with E-state index in [1.807, 2.05) is 48.5 Å². The molecular formula is C33H39Cl2N3O3S. The van der Waals surface area contributed by atoms with Gasteiger partial charge < -0.3 is 14.4 Å². The van der Waals surface area contributed by atoms with Crippen molar-refractivity contribution in [2.45, 2.75) is 46.5 Å². The number of aromatic nitrogens is 1. The van der Waals surface area contributed by atoms with E-state index in [2.05, 4.69) is 31.0 Å². The van der Waals surface area contributed by atoms with E-state index >= 15 is 0 Å². The van der Waals surface area contributed by atoms with Crippen LogP contribution in [0.1, 0.15) is 55.3 Å². The van der Waals surface area contributed by atoms with Gasteiger partial charge in [-0.15, -0.1) is 23.7 Å². The summed E-state index contributed by atoms with van der Waals surface area (Å²) in [4.78, 5) is 21.4. The Labute approximate surface area is 264 Å². The minimum atomic E-state index is -0.188. The van der Waals surface area contributed by atoms with E-state index in [4.69, 9.17) is 26.1 Å². The molecule has 0 saturated carbocycles. The number of ether oxygens (including phenoxy) is 2. The van der Waals surface area contributed by atoms with Gasteiger partial charge in [-0.05, 0) is 105 Å². The molecule has 1 aromatic heterocycles. The number of nitrogens with zero attached hydrogens (tertiary/aromatic N) is 2. The number of halogens is 2. The van der Waals surface area contributed by atoms with Crippen molar-refractivity contribution in [1.82, 2.24) is 9.88 Å². The molecule has 0 atom stereocenters. The zero-order chi connectivity index (χ0) is 29.0. The maximum atomic E-state index is 13.0. The van der Waals surface area contributed by atoms with Crippen molar-refractivity contribution in [3.8, 4) is 28.5 Å². The zero-order valence-corrected chi connectivity index (χ0v) is 26.8. The van der Waals surface area contributed by atoms with Gasteiger partial charge in [0, 0.05) is 27.6 Å². The largest absolute Gasteiger partial charge is 0.494 e. The van der Waals surface area contributed by atoms with Gasteiger partial charge in [0.2, 0.25) is 0 Å². The van der Waals surface area contributed by atoms with E-state index < -0.39 is 0 Å². The third-order valence-electron chi connectivity index (χ3n) is 6.75. The van der Waals surface area contributed by atoms with Crippen LogP contribution in [0.2, 0.25) is 5.02 Å². The third-order valence-corrected chi connectivity index (χ3v) is 8.03. The predicted molar refractivity (Wildman–Crippen MR) is 177 cm³/mol. The zero-order valence-electron chi connectivity index (χ0n) is 24.4. The molecule has 0 unspecified atom stereocenters. The maximum absolute atomic E-state index is 13.0. The molecule has 0 bridgehead atoms. The molecule has 0 fully saturated rings. The Bertz CT molecular complexity index is 1370. The topological polar surface area (TPSA) is 63.7 Å². The molecule has 0 spiro atoms. The molecule has 0 saturated heterocycles. The van der Waals surface area contributed by atoms with Crippen molar-refractivity contribution >= 4 is 46.4 Å². The average molecular weight is 629 g/mol. The first-order chi connectivity index (χ1) is 20.0. The van der Waals surface area contributed by atoms with Gasteiger partial charge in [-0.1, -0.05) is 38.8 Å². The number of thiazole rings is 1. The summed E-state index contributed by atoms with van der Waals surface area (Å²) in [5.74, 6) is 2.03. The highest BCUT2D eigenvalue weighted by atomic mass is 35.5. The summed E-state index contributed by atoms with van der Waals surface area (Å²) in [6.07, 6.45) is 4.00. The van der Waals surface area contributed by atoms with Crippen LogP contribution in [-0.4, -0.2) is 42.0 Å². The first-order valence-corrected chi connectivity index (χ1v) is 15.5. The minimum Gasteiger partial charge on any atom is -0.494 e. The Hall–Kier alpha value is -3.10. The second-order valence-corrected chi connectivity index (χ2v) is 11.2. The van der Waals surface area contributed by atoms with Gasteiger partial charge in [-0.25, -0.2) is 4.98 Å². The Morgan fingerprint density at radius 3 is 2.12 bits per heavy atom. The fourth-order valence-corrected chi connectivity index (χ4v) is 5.49. The molecule has 1 amide bonds. The number of hydrogen-bond acceptors (Lipinski definition) is 6. The van der Waals surface area contributed by atoms with Crippen molar-refractivity contribution in [2.75, 3.05) is 31.6 Å². The van der Waals surface area contributed by atoms with Crippen LogP contribution in [0.4, 0.5) is 5.13 Å². The summed E-state index contributed by atoms with van der Waals surface area (Å²) in [7, 11) is 0. The number of rotatable bonds is 15. The summed E-state index contributed by atoms with van der Waals surface area (Å²) in [6, 6.07) is 22.4. The Balaban J connectivity index is 0.00000484. The predicted octanol–water partition coefficient (Wildman–Crippen LogP) is 9.38. The van der Waals surface area contributed by atoms with Crippen LogP contribution in [0.15, 0.2) is 72.8 Å². The van der Waals surface area contributed by atoms with Crippen molar-refractivity contribution in [3.63, 3.8) is 0 Å². The van der Waals surface area contributed by atoms with Crippen molar-refractivity contribution < 1.29 is 14.3 Å². The number of carbonyl (C=O) groups excluding carboxylic acids is 1. The molecule has 4 aromatic rings. The fourth-order valence-electron chi connectivity index (χ4n) is 4.35. The molecule has 1 heterocycles. The Morgan fingerprint density at radius 2 is 1.50 bits per heavy atom. The molecule has 0 aliphatic rings. The standard InChI is InChI=1S/C33H38ClN3O3S.ClH/c1-4-7-9-30-31(24-10-18-28(19-11-24)40-29-20-14-26(34)15-21-29)35-33(41-30)36-32(38)25-12-16-27(17-13-25)39-23-8-22-37(5-2)6-3;/h10-21H,4-9,22-23H2,1-3H3,(H,35,36,38);1H. The van der Waals surface area contributed by atoms with E-state index in [1.54, 1.807) is 24.3 Å². The summed E-state index contributed by atoms with van der Waals surface area (Å²) in [6.45, 7) is 10.3. The van der Waals surface area contributed by atoms with E-state index in [9.17, 15) is 4.79 Å². The number of hydrogen-bond donors (Lipinski definition) is 1. The highest BCUT2D eigenvalue weighted by Crippen LogP contribution is 2.34. The fraction of sp³-hybridized carbons (Fsp3) is 0.333. The molecule has 1 N–H and O–H groups in total. The highest BCUT2D eigenvalue weighted by Gasteiger charge is 2.16. The molecule has 4 rings (SSSR count). The number of anilines is 1. The van der Waals surface area contributed by atoms with Gasteiger partial charge >= 0.3 is 0 Å². The molecule has 0 aliphatic carbocycles. The van der Waals surface area contributed by atoms with Gasteiger partial charge in [0.05, 0.1) is 12.3 Å². The van der Waals surface area contributed by atoms with Crippen LogP contribution in [0, 0.1) is 0 Å². The summed E-state index contributed by atoms with van der Waals surface area (Å²) in [5, 5.41) is 4.26. The van der Waals surface area contributed by atoms with Crippen LogP contribution in [0.25, 0.3) is 11.3 Å². The minimum absolute atomic E-state index is 0. The second-order valence-electron chi connectivity index (χ2n) is 9.68. The van der Waals surface area contributed by atoms with Gasteiger partial charge in [0.25, 0.3) is 5.91 Å². The van der Waals surface area contributed by atoms with Gasteiger partial charge in [0.1, 0.15) is 17.2 Å². The van der Waals surface area contributed by atoms with Crippen LogP contribution in [0.3, 0.4) is 0 Å². The maximum Gasteiger partial charge on any atom is 0.257 e. The Kier molecular flexibility index (Phi) is 13.6. The SMILES string of the molecule is CCCCc1sc(NC(=O)c2ccc(OCCCN(CC)CC)cc2)nc1-c1ccc(Oc2ccc(Cl)cc2)cc1.Cl. The van der Waals surface area contributed by atoms with E-state index in [1.165, 1.54) is 11.3 Å². The molecule has 3 aromatic carbocycles. The number of benzene rings is 3. The lowest BCUT2D eigenvalue weighted by atomic mass is 10.1. The lowest BCUT2D eigenvalue weighted by molar-refractivity contribution is 0.102. The second kappa shape index (κ2) is 17.1. The monoisotopic (exact) mass is 627 g/mol.